The third kappa shape index (κ3) is 10.6. The summed E-state index contributed by atoms with van der Waals surface area (Å²) in [6.45, 7) is 15.8. The molecule has 85 heavy (non-hydrogen) atoms. The fourth-order valence-electron chi connectivity index (χ4n) is 14.3. The van der Waals surface area contributed by atoms with Gasteiger partial charge in [-0.15, -0.1) is 0 Å². The second kappa shape index (κ2) is 22.9. The fourth-order valence-corrected chi connectivity index (χ4v) is 14.3. The zero-order valence-corrected chi connectivity index (χ0v) is 50.1. The summed E-state index contributed by atoms with van der Waals surface area (Å²) in [5, 5.41) is 47.7. The molecule has 4 fully saturated rings. The molecule has 2 saturated heterocycles. The van der Waals surface area contributed by atoms with Crippen LogP contribution >= 0.6 is 0 Å². The summed E-state index contributed by atoms with van der Waals surface area (Å²) in [5.74, 6) is -11.2. The highest BCUT2D eigenvalue weighted by Crippen LogP contribution is 2.54. The van der Waals surface area contributed by atoms with Gasteiger partial charge in [0.2, 0.25) is 11.6 Å². The number of carboxylic acid groups (broad SMARTS) is 1. The van der Waals surface area contributed by atoms with Crippen LogP contribution in [-0.2, 0) is 23.8 Å². The number of phenols is 1. The Balaban J connectivity index is 0.950. The number of nitrogens with zero attached hydrogens (tertiary/aromatic N) is 4. The SMILES string of the molecule is CO[C@H]1/C=C/O[C@@]2(C)Oc3c(C)c(O)c4c(c3C2=O)C(=O)C(N2CCC(N(C)C3(C5CCN(c6c(F)cn7c(=O)c(C(=O)O)cc(C8CC8)c7c6C)C5)CC3)CC2)=C(NC(=O)/C(C)=C\C=C\[C@H](C)[C@H](O)[C@@H](C)[C@@H](O)[C@@H](C)[C@H](OC(C)=O)[C@@H]1C)C4=O. The molecule has 1 aromatic carbocycles. The lowest BCUT2D eigenvalue weighted by atomic mass is 9.78. The molecule has 5 aliphatic heterocycles. The Kier molecular flexibility index (Phi) is 16.4. The number of ketones is 3. The molecular weight excluding hydrogens is 1100 g/mol. The highest BCUT2D eigenvalue weighted by Gasteiger charge is 2.57. The van der Waals surface area contributed by atoms with Crippen LogP contribution in [0.15, 0.2) is 64.6 Å². The number of anilines is 1. The Morgan fingerprint density at radius 2 is 1.53 bits per heavy atom. The minimum Gasteiger partial charge on any atom is -0.507 e. The van der Waals surface area contributed by atoms with Crippen molar-refractivity contribution in [2.24, 2.45) is 29.6 Å². The minimum atomic E-state index is -2.15. The van der Waals surface area contributed by atoms with Gasteiger partial charge in [-0.05, 0) is 108 Å². The Bertz CT molecular complexity index is 3500. The number of amides is 1. The number of benzene rings is 1. The monoisotopic (exact) mass is 1180 g/mol. The average Bonchev–Trinajstić information content (AvgIpc) is 1.99. The number of nitrogens with one attached hydrogen (secondary N) is 1. The first kappa shape index (κ1) is 60.9. The summed E-state index contributed by atoms with van der Waals surface area (Å²) in [6.07, 6.45) is 9.74. The Labute approximate surface area is 492 Å². The topological polar surface area (TPSA) is 263 Å². The number of fused-ring (bicyclic) bond motifs is 15. The number of aromatic hydroxyl groups is 1. The lowest BCUT2D eigenvalue weighted by Gasteiger charge is -2.44. The van der Waals surface area contributed by atoms with Crippen LogP contribution in [0.1, 0.15) is 157 Å². The number of hydrogen-bond acceptors (Lipinski definition) is 17. The molecule has 5 N–H and O–H groups in total. The number of carbonyl (C=O) groups is 6. The van der Waals surface area contributed by atoms with Crippen molar-refractivity contribution in [2.45, 2.75) is 155 Å². The van der Waals surface area contributed by atoms with Crippen LogP contribution in [0, 0.1) is 49.3 Å². The maximum absolute atomic E-state index is 16.4. The van der Waals surface area contributed by atoms with E-state index in [0.717, 1.165) is 48.3 Å². The predicted molar refractivity (Wildman–Crippen MR) is 310 cm³/mol. The number of phenolic OH excluding ortho intramolecular Hbond substituents is 1. The number of ether oxygens (including phenoxy) is 4. The molecule has 5 bridgehead atoms. The first-order valence-corrected chi connectivity index (χ1v) is 29.6. The van der Waals surface area contributed by atoms with Crippen LogP contribution in [0.5, 0.6) is 11.5 Å². The highest BCUT2D eigenvalue weighted by atomic mass is 19.1. The molecule has 1 unspecified atom stereocenters. The number of esters is 1. The van der Waals surface area contributed by atoms with Gasteiger partial charge in [0.05, 0.1) is 58.7 Å². The maximum atomic E-state index is 16.4. The van der Waals surface area contributed by atoms with Crippen molar-refractivity contribution in [3.8, 4) is 11.5 Å². The smallest absolute Gasteiger partial charge is 0.341 e. The van der Waals surface area contributed by atoms with E-state index in [4.69, 9.17) is 18.9 Å². The van der Waals surface area contributed by atoms with Gasteiger partial charge in [0.15, 0.2) is 5.82 Å². The summed E-state index contributed by atoms with van der Waals surface area (Å²) < 4.78 is 41.5. The minimum absolute atomic E-state index is 0.00437. The van der Waals surface area contributed by atoms with Gasteiger partial charge in [0.25, 0.3) is 17.2 Å². The number of aliphatic hydroxyl groups is 2. The second-order valence-corrected chi connectivity index (χ2v) is 24.9. The van der Waals surface area contributed by atoms with E-state index in [1.807, 2.05) is 0 Å². The quantitative estimate of drug-likeness (QED) is 0.134. The molecule has 1 amide bonds. The van der Waals surface area contributed by atoms with Crippen LogP contribution in [-0.4, -0.2) is 152 Å². The lowest BCUT2D eigenvalue weighted by molar-refractivity contribution is -0.160. The van der Waals surface area contributed by atoms with Crippen molar-refractivity contribution in [3.63, 3.8) is 0 Å². The first-order valence-electron chi connectivity index (χ1n) is 29.6. The third-order valence-corrected chi connectivity index (χ3v) is 19.7. The Hall–Kier alpha value is -7.20. The molecule has 20 nitrogen and oxygen atoms in total. The van der Waals surface area contributed by atoms with Gasteiger partial charge in [-0.3, -0.25) is 38.1 Å². The normalized spacial score (nSPS) is 30.7. The molecule has 11 rings (SSSR count). The molecule has 2 aromatic heterocycles. The number of carboxylic acids is 1. The van der Waals surface area contributed by atoms with E-state index in [2.05, 4.69) is 22.2 Å². The molecule has 456 valence electrons. The maximum Gasteiger partial charge on any atom is 0.341 e. The van der Waals surface area contributed by atoms with E-state index in [1.165, 1.54) is 59.3 Å². The van der Waals surface area contributed by atoms with Gasteiger partial charge in [0.1, 0.15) is 34.6 Å². The number of carbonyl (C=O) groups excluding carboxylic acids is 5. The number of rotatable bonds is 9. The third-order valence-electron chi connectivity index (χ3n) is 19.7. The number of hydrogen-bond donors (Lipinski definition) is 5. The highest BCUT2D eigenvalue weighted by molar-refractivity contribution is 6.32. The molecule has 21 heteroatoms. The van der Waals surface area contributed by atoms with Crippen LogP contribution < -0.4 is 20.5 Å². The van der Waals surface area contributed by atoms with Crippen molar-refractivity contribution >= 4 is 46.4 Å². The zero-order chi connectivity index (χ0) is 61.6. The van der Waals surface area contributed by atoms with Gasteiger partial charge in [-0.25, -0.2) is 9.18 Å². The molecule has 3 aromatic rings. The number of allylic oxidation sites excluding steroid dienone is 4. The van der Waals surface area contributed by atoms with Crippen molar-refractivity contribution in [2.75, 3.05) is 45.2 Å². The molecule has 10 atom stereocenters. The standard InChI is InChI=1S/C64H78FN5O15/c1-30-13-12-14-31(2)60(78)66-48-51(68-24-18-40(19-25-68)67(10)64(21-22-64)39-17-23-69(28-39)50-33(4)49-41(38-15-16-38)27-42(62(80)81)61(79)70(49)29-43(50)65)56(76)45-46(55(48)75)54(74)36(7)58-47(45)59(77)63(9,85-58)83-26-20-44(82-11)32(3)57(84-37(8)71)35(6)53(73)34(5)52(30)72/h12-14,20,26-27,29-30,32,34-35,38-40,44,52-53,57,72-74H,15-19,21-25,28H2,1-11H3,(H,66,78)(H,80,81)/b13-12+,26-20+,31-14-/t30-,32+,34+,35+,39?,44-,52-,53+,57+,63-/m0/s1. The second-order valence-electron chi connectivity index (χ2n) is 24.9. The van der Waals surface area contributed by atoms with Crippen LogP contribution in [0.25, 0.3) is 5.52 Å². The van der Waals surface area contributed by atoms with Crippen molar-refractivity contribution in [1.82, 2.24) is 19.5 Å². The first-order chi connectivity index (χ1) is 40.2. The number of aromatic carboxylic acids is 1. The number of methoxy groups -OCH3 is 1. The number of pyridine rings is 2. The lowest BCUT2D eigenvalue weighted by Crippen LogP contribution is -2.52. The van der Waals surface area contributed by atoms with Crippen molar-refractivity contribution in [1.29, 1.82) is 0 Å². The van der Waals surface area contributed by atoms with Crippen molar-refractivity contribution in [3.05, 3.63) is 115 Å². The van der Waals surface area contributed by atoms with E-state index in [9.17, 15) is 44.4 Å². The molecule has 0 radical (unpaired) electrons. The number of piperidine rings is 1. The number of likely N-dealkylation sites (tertiary alicyclic amines) is 1. The summed E-state index contributed by atoms with van der Waals surface area (Å²) >= 11 is 0. The average molecular weight is 1180 g/mol. The van der Waals surface area contributed by atoms with Crippen LogP contribution in [0.4, 0.5) is 10.1 Å². The van der Waals surface area contributed by atoms with Crippen LogP contribution in [0.2, 0.25) is 0 Å². The van der Waals surface area contributed by atoms with Gasteiger partial charge in [0, 0.05) is 93.5 Å². The van der Waals surface area contributed by atoms with Gasteiger partial charge in [-0.2, -0.15) is 0 Å². The molecule has 3 aliphatic carbocycles. The Morgan fingerprint density at radius 1 is 0.859 bits per heavy atom. The van der Waals surface area contributed by atoms with E-state index < -0.39 is 117 Å². The Morgan fingerprint density at radius 3 is 2.15 bits per heavy atom. The summed E-state index contributed by atoms with van der Waals surface area (Å²) in [6, 6.07) is 1.46. The van der Waals surface area contributed by atoms with Gasteiger partial charge >= 0.3 is 17.7 Å². The van der Waals surface area contributed by atoms with Gasteiger partial charge in [-0.1, -0.05) is 45.9 Å². The number of aryl methyl sites for hydroxylation is 1. The summed E-state index contributed by atoms with van der Waals surface area (Å²) in [7, 11) is 3.52. The van der Waals surface area contributed by atoms with Gasteiger partial charge < -0.3 is 54.5 Å². The largest absolute Gasteiger partial charge is 0.507 e. The predicted octanol–water partition coefficient (Wildman–Crippen LogP) is 7.05. The molecule has 7 heterocycles. The molecule has 8 aliphatic rings. The van der Waals surface area contributed by atoms with Crippen LogP contribution in [0.3, 0.4) is 0 Å². The summed E-state index contributed by atoms with van der Waals surface area (Å²) in [5.41, 5.74) is -0.701. The fraction of sp³-hybridized carbons (Fsp3) is 0.547. The number of Topliss-reactive ketones (excluding diaryl/α,β-unsaturated/α-hetero) is 3. The van der Waals surface area contributed by atoms with E-state index in [-0.39, 0.29) is 75.9 Å². The number of halogens is 1. The van der Waals surface area contributed by atoms with Crippen molar-refractivity contribution < 1.29 is 72.5 Å². The van der Waals surface area contributed by atoms with E-state index >= 15 is 14.0 Å². The number of aliphatic hydroxyl groups excluding tert-OH is 2. The van der Waals surface area contributed by atoms with E-state index in [1.54, 1.807) is 51.7 Å². The molecule has 0 spiro atoms. The van der Waals surface area contributed by atoms with E-state index in [0.29, 0.717) is 42.7 Å². The molecular formula is C64H78FN5O15. The number of aromatic nitrogens is 1. The summed E-state index contributed by atoms with van der Waals surface area (Å²) in [4.78, 5) is 104. The molecule has 2 saturated carbocycles. The zero-order valence-electron chi connectivity index (χ0n) is 50.1.